The van der Waals surface area contributed by atoms with Crippen molar-refractivity contribution in [1.29, 1.82) is 0 Å². The molecule has 0 atom stereocenters. The number of aromatic nitrogens is 4. The highest BCUT2D eigenvalue weighted by Gasteiger charge is 2.10. The number of nitrogens with zero attached hydrogens (tertiary/aromatic N) is 4. The lowest BCUT2D eigenvalue weighted by atomic mass is 10.2. The molecule has 0 aliphatic heterocycles. The van der Waals surface area contributed by atoms with Crippen molar-refractivity contribution >= 4 is 40.9 Å². The number of benzene rings is 1. The molecule has 3 aromatic rings. The maximum absolute atomic E-state index is 12.0. The van der Waals surface area contributed by atoms with Gasteiger partial charge >= 0.3 is 5.97 Å². The summed E-state index contributed by atoms with van der Waals surface area (Å²) >= 11 is 12.3. The summed E-state index contributed by atoms with van der Waals surface area (Å²) in [7, 11) is 0. The van der Waals surface area contributed by atoms with Crippen LogP contribution in [-0.4, -0.2) is 36.5 Å². The maximum Gasteiger partial charge on any atom is 0.356 e. The number of carboxylic acids is 1. The first-order valence-corrected chi connectivity index (χ1v) is 8.71. The fourth-order valence-electron chi connectivity index (χ4n) is 2.38. The van der Waals surface area contributed by atoms with Gasteiger partial charge in [-0.25, -0.2) is 4.79 Å². The minimum Gasteiger partial charge on any atom is -0.476 e. The largest absolute Gasteiger partial charge is 0.476 e. The summed E-state index contributed by atoms with van der Waals surface area (Å²) < 4.78 is 3.02. The number of aromatic carboxylic acids is 1. The molecule has 0 bridgehead atoms. The second-order valence-electron chi connectivity index (χ2n) is 5.67. The van der Waals surface area contributed by atoms with Gasteiger partial charge in [0.05, 0.1) is 6.54 Å². The Bertz CT molecular complexity index is 962. The van der Waals surface area contributed by atoms with E-state index in [1.807, 2.05) is 0 Å². The van der Waals surface area contributed by atoms with Crippen LogP contribution >= 0.6 is 23.2 Å². The van der Waals surface area contributed by atoms with Crippen LogP contribution < -0.4 is 5.32 Å². The molecule has 0 unspecified atom stereocenters. The summed E-state index contributed by atoms with van der Waals surface area (Å²) in [4.78, 5) is 22.8. The van der Waals surface area contributed by atoms with Gasteiger partial charge in [0.2, 0.25) is 5.91 Å². The van der Waals surface area contributed by atoms with Crippen molar-refractivity contribution in [2.24, 2.45) is 0 Å². The first-order valence-electron chi connectivity index (χ1n) is 7.95. The summed E-state index contributed by atoms with van der Waals surface area (Å²) in [6.45, 7) is 0.634. The molecule has 8 nitrogen and oxygen atoms in total. The SMILES string of the molecule is O=C(CCn1ccc(C(=O)O)n1)Nc1ccn(Cc2c(Cl)cccc2Cl)n1. The standard InChI is InChI=1S/C17H15Cl2N5O3/c18-12-2-1-3-13(19)11(12)10-24-8-5-15(22-24)20-16(25)6-9-23-7-4-14(21-23)17(26)27/h1-5,7-8H,6,9-10H2,(H,26,27)(H,20,22,25). The van der Waals surface area contributed by atoms with Crippen LogP contribution in [0.3, 0.4) is 0 Å². The van der Waals surface area contributed by atoms with Crippen molar-refractivity contribution in [2.45, 2.75) is 19.5 Å². The summed E-state index contributed by atoms with van der Waals surface area (Å²) in [5, 5.41) is 20.7. The van der Waals surface area contributed by atoms with Crippen LogP contribution in [-0.2, 0) is 17.9 Å². The summed E-state index contributed by atoms with van der Waals surface area (Å²) in [6, 6.07) is 8.31. The summed E-state index contributed by atoms with van der Waals surface area (Å²) in [5.41, 5.74) is 0.683. The summed E-state index contributed by atoms with van der Waals surface area (Å²) in [5.74, 6) is -0.972. The number of hydrogen-bond acceptors (Lipinski definition) is 4. The molecule has 0 saturated carbocycles. The second-order valence-corrected chi connectivity index (χ2v) is 6.48. The lowest BCUT2D eigenvalue weighted by Gasteiger charge is -2.07. The topological polar surface area (TPSA) is 102 Å². The van der Waals surface area contributed by atoms with Crippen LogP contribution in [0, 0.1) is 0 Å². The van der Waals surface area contributed by atoms with Crippen LogP contribution in [0.4, 0.5) is 5.82 Å². The Kier molecular flexibility index (Phi) is 5.78. The predicted octanol–water partition coefficient (Wildman–Crippen LogP) is 3.16. The Morgan fingerprint density at radius 2 is 1.74 bits per heavy atom. The Balaban J connectivity index is 1.55. The van der Waals surface area contributed by atoms with Crippen molar-refractivity contribution in [1.82, 2.24) is 19.6 Å². The van der Waals surface area contributed by atoms with Gasteiger partial charge in [0.1, 0.15) is 0 Å². The first-order chi connectivity index (χ1) is 12.9. The highest BCUT2D eigenvalue weighted by molar-refractivity contribution is 6.35. The van der Waals surface area contributed by atoms with E-state index in [4.69, 9.17) is 28.3 Å². The van der Waals surface area contributed by atoms with Gasteiger partial charge in [0, 0.05) is 47.0 Å². The highest BCUT2D eigenvalue weighted by Crippen LogP contribution is 2.25. The zero-order chi connectivity index (χ0) is 19.4. The number of aryl methyl sites for hydroxylation is 1. The van der Waals surface area contributed by atoms with E-state index in [-0.39, 0.29) is 24.6 Å². The number of carbonyl (C=O) groups is 2. The van der Waals surface area contributed by atoms with Crippen molar-refractivity contribution < 1.29 is 14.7 Å². The average molecular weight is 408 g/mol. The number of amides is 1. The Morgan fingerprint density at radius 3 is 2.41 bits per heavy atom. The third-order valence-corrected chi connectivity index (χ3v) is 4.43. The molecule has 2 aromatic heterocycles. The summed E-state index contributed by atoms with van der Waals surface area (Å²) in [6.07, 6.45) is 3.35. The number of carbonyl (C=O) groups excluding carboxylic acids is 1. The molecule has 0 radical (unpaired) electrons. The lowest BCUT2D eigenvalue weighted by molar-refractivity contribution is -0.116. The van der Waals surface area contributed by atoms with Crippen LogP contribution in [0.2, 0.25) is 10.0 Å². The van der Waals surface area contributed by atoms with Crippen LogP contribution in [0.15, 0.2) is 42.7 Å². The Hall–Kier alpha value is -2.84. The number of halogens is 2. The fourth-order valence-corrected chi connectivity index (χ4v) is 2.90. The van der Waals surface area contributed by atoms with Gasteiger partial charge in [-0.15, -0.1) is 0 Å². The molecule has 1 aromatic carbocycles. The van der Waals surface area contributed by atoms with Crippen LogP contribution in [0.5, 0.6) is 0 Å². The molecular formula is C17H15Cl2N5O3. The van der Waals surface area contributed by atoms with E-state index in [1.54, 1.807) is 35.1 Å². The Labute approximate surface area is 164 Å². The highest BCUT2D eigenvalue weighted by atomic mass is 35.5. The Morgan fingerprint density at radius 1 is 1.04 bits per heavy atom. The number of hydrogen-bond donors (Lipinski definition) is 2. The third kappa shape index (κ3) is 4.87. The third-order valence-electron chi connectivity index (χ3n) is 3.72. The molecule has 0 aliphatic rings. The maximum atomic E-state index is 12.0. The molecule has 0 saturated heterocycles. The smallest absolute Gasteiger partial charge is 0.356 e. The molecular weight excluding hydrogens is 393 g/mol. The van der Waals surface area contributed by atoms with Gasteiger partial charge in [-0.05, 0) is 18.2 Å². The quantitative estimate of drug-likeness (QED) is 0.625. The lowest BCUT2D eigenvalue weighted by Crippen LogP contribution is -2.15. The van der Waals surface area contributed by atoms with Crippen molar-refractivity contribution in [3.63, 3.8) is 0 Å². The van der Waals surface area contributed by atoms with Gasteiger partial charge < -0.3 is 10.4 Å². The molecule has 140 valence electrons. The van der Waals surface area contributed by atoms with Gasteiger partial charge in [0.15, 0.2) is 11.5 Å². The van der Waals surface area contributed by atoms with E-state index < -0.39 is 5.97 Å². The molecule has 0 aliphatic carbocycles. The van der Waals surface area contributed by atoms with Crippen LogP contribution in [0.1, 0.15) is 22.5 Å². The predicted molar refractivity (Wildman–Crippen MR) is 100 cm³/mol. The first kappa shape index (κ1) is 18.9. The molecule has 2 N–H and O–H groups in total. The molecule has 0 fully saturated rings. The molecule has 1 amide bonds. The van der Waals surface area contributed by atoms with E-state index in [0.29, 0.717) is 22.4 Å². The minimum atomic E-state index is -1.11. The van der Waals surface area contributed by atoms with E-state index in [2.05, 4.69) is 15.5 Å². The molecule has 0 spiro atoms. The molecule has 3 rings (SSSR count). The average Bonchev–Trinajstić information content (AvgIpc) is 3.26. The second kappa shape index (κ2) is 8.24. The zero-order valence-electron chi connectivity index (χ0n) is 14.0. The molecule has 2 heterocycles. The zero-order valence-corrected chi connectivity index (χ0v) is 15.5. The van der Waals surface area contributed by atoms with Crippen LogP contribution in [0.25, 0.3) is 0 Å². The van der Waals surface area contributed by atoms with E-state index >= 15 is 0 Å². The van der Waals surface area contributed by atoms with E-state index in [1.165, 1.54) is 16.9 Å². The van der Waals surface area contributed by atoms with Crippen molar-refractivity contribution in [3.8, 4) is 0 Å². The monoisotopic (exact) mass is 407 g/mol. The van der Waals surface area contributed by atoms with Gasteiger partial charge in [-0.3, -0.25) is 14.2 Å². The van der Waals surface area contributed by atoms with Gasteiger partial charge in [-0.2, -0.15) is 10.2 Å². The number of carboxylic acid groups (broad SMARTS) is 1. The number of nitrogens with one attached hydrogen (secondary N) is 1. The van der Waals surface area contributed by atoms with E-state index in [9.17, 15) is 9.59 Å². The number of rotatable bonds is 7. The minimum absolute atomic E-state index is 0.0626. The van der Waals surface area contributed by atoms with E-state index in [0.717, 1.165) is 5.56 Å². The normalized spacial score (nSPS) is 10.7. The van der Waals surface area contributed by atoms with Crippen molar-refractivity contribution in [3.05, 3.63) is 64.0 Å². The molecule has 27 heavy (non-hydrogen) atoms. The molecule has 10 heteroatoms. The van der Waals surface area contributed by atoms with Gasteiger partial charge in [-0.1, -0.05) is 29.3 Å². The fraction of sp³-hybridized carbons (Fsp3) is 0.176. The van der Waals surface area contributed by atoms with Crippen molar-refractivity contribution in [2.75, 3.05) is 5.32 Å². The number of anilines is 1. The van der Waals surface area contributed by atoms with Gasteiger partial charge in [0.25, 0.3) is 0 Å².